The Morgan fingerprint density at radius 2 is 1.92 bits per heavy atom. The van der Waals surface area contributed by atoms with Gasteiger partial charge in [0.15, 0.2) is 0 Å². The van der Waals surface area contributed by atoms with Crippen LogP contribution in [0.5, 0.6) is 0 Å². The third-order valence-electron chi connectivity index (χ3n) is 2.28. The highest BCUT2D eigenvalue weighted by Crippen LogP contribution is 2.21. The Kier molecular flexibility index (Phi) is 3.29. The number of carbonyl (C=O) groups excluding carboxylic acids is 1. The molecule has 2 heteroatoms. The van der Waals surface area contributed by atoms with E-state index in [0.717, 1.165) is 18.4 Å². The summed E-state index contributed by atoms with van der Waals surface area (Å²) in [5, 5.41) is 0. The molecule has 0 amide bonds. The molecule has 13 heavy (non-hydrogen) atoms. The van der Waals surface area contributed by atoms with Gasteiger partial charge in [-0.2, -0.15) is 0 Å². The Labute approximate surface area is 79.3 Å². The number of Topliss-reactive ketones (excluding diaryl/α,β-unsaturated/α-hetero) is 1. The van der Waals surface area contributed by atoms with Crippen molar-refractivity contribution in [2.75, 3.05) is 0 Å². The van der Waals surface area contributed by atoms with Crippen molar-refractivity contribution >= 4 is 5.78 Å². The first-order chi connectivity index (χ1) is 6.09. The number of ketones is 1. The molecule has 72 valence electrons. The van der Waals surface area contributed by atoms with Gasteiger partial charge < -0.3 is 4.74 Å². The van der Waals surface area contributed by atoms with Crippen LogP contribution in [0.3, 0.4) is 0 Å². The largest absolute Gasteiger partial charge is 0.491 e. The van der Waals surface area contributed by atoms with Gasteiger partial charge in [-0.25, -0.2) is 0 Å². The molecule has 0 N–H and O–H groups in total. The fourth-order valence-corrected chi connectivity index (χ4v) is 1.33. The van der Waals surface area contributed by atoms with E-state index < -0.39 is 0 Å². The molecule has 0 unspecified atom stereocenters. The van der Waals surface area contributed by atoms with Crippen molar-refractivity contribution in [1.29, 1.82) is 0 Å². The summed E-state index contributed by atoms with van der Waals surface area (Å²) >= 11 is 0. The summed E-state index contributed by atoms with van der Waals surface area (Å²) in [4.78, 5) is 10.9. The SMILES string of the molecule is C=C(C)C(=C)OC1CCC(=O)CC1. The molecule has 2 nitrogen and oxygen atoms in total. The Hall–Kier alpha value is -1.05. The van der Waals surface area contributed by atoms with Crippen LogP contribution < -0.4 is 0 Å². The standard InChI is InChI=1S/C11H16O2/c1-8(2)9(3)13-11-6-4-10(12)5-7-11/h11H,1,3-7H2,2H3. The number of rotatable bonds is 3. The zero-order valence-electron chi connectivity index (χ0n) is 8.14. The first-order valence-electron chi connectivity index (χ1n) is 4.62. The van der Waals surface area contributed by atoms with Gasteiger partial charge in [0.1, 0.15) is 11.5 Å². The molecule has 1 rings (SSSR count). The van der Waals surface area contributed by atoms with Crippen LogP contribution in [0.15, 0.2) is 24.5 Å². The lowest BCUT2D eigenvalue weighted by atomic mass is 9.96. The summed E-state index contributed by atoms with van der Waals surface area (Å²) in [6.07, 6.45) is 3.11. The van der Waals surface area contributed by atoms with Gasteiger partial charge in [-0.15, -0.1) is 0 Å². The van der Waals surface area contributed by atoms with E-state index in [9.17, 15) is 4.79 Å². The molecule has 0 aromatic heterocycles. The molecule has 0 saturated heterocycles. The van der Waals surface area contributed by atoms with Gasteiger partial charge in [0.2, 0.25) is 0 Å². The molecule has 0 aromatic carbocycles. The molecule has 1 fully saturated rings. The molecule has 0 aliphatic heterocycles. The van der Waals surface area contributed by atoms with E-state index in [0.29, 0.717) is 24.4 Å². The van der Waals surface area contributed by atoms with Crippen LogP contribution in [0, 0.1) is 0 Å². The number of hydrogen-bond donors (Lipinski definition) is 0. The van der Waals surface area contributed by atoms with E-state index in [-0.39, 0.29) is 6.10 Å². The molecule has 0 bridgehead atoms. The summed E-state index contributed by atoms with van der Waals surface area (Å²) in [6.45, 7) is 9.38. The maximum absolute atomic E-state index is 10.9. The third-order valence-corrected chi connectivity index (χ3v) is 2.28. The topological polar surface area (TPSA) is 26.3 Å². The van der Waals surface area contributed by atoms with Crippen molar-refractivity contribution in [2.24, 2.45) is 0 Å². The van der Waals surface area contributed by atoms with E-state index in [2.05, 4.69) is 13.2 Å². The maximum Gasteiger partial charge on any atom is 0.133 e. The monoisotopic (exact) mass is 180 g/mol. The van der Waals surface area contributed by atoms with E-state index in [1.807, 2.05) is 6.92 Å². The minimum absolute atomic E-state index is 0.168. The van der Waals surface area contributed by atoms with Crippen molar-refractivity contribution in [3.8, 4) is 0 Å². The molecule has 0 aromatic rings. The number of carbonyl (C=O) groups is 1. The van der Waals surface area contributed by atoms with Gasteiger partial charge in [-0.1, -0.05) is 13.2 Å². The van der Waals surface area contributed by atoms with Crippen LogP contribution in [0.25, 0.3) is 0 Å². The second-order valence-corrected chi connectivity index (χ2v) is 3.56. The maximum atomic E-state index is 10.9. The van der Waals surface area contributed by atoms with E-state index in [1.165, 1.54) is 0 Å². The van der Waals surface area contributed by atoms with Crippen LogP contribution in [0.2, 0.25) is 0 Å². The fraction of sp³-hybridized carbons (Fsp3) is 0.545. The molecular weight excluding hydrogens is 164 g/mol. The average Bonchev–Trinajstić information content (AvgIpc) is 2.08. The van der Waals surface area contributed by atoms with E-state index in [4.69, 9.17) is 4.74 Å². The molecule has 0 spiro atoms. The van der Waals surface area contributed by atoms with Gasteiger partial charge in [0, 0.05) is 12.8 Å². The Bertz CT molecular complexity index is 230. The average molecular weight is 180 g/mol. The summed E-state index contributed by atoms with van der Waals surface area (Å²) < 4.78 is 5.55. The molecule has 1 aliphatic rings. The fourth-order valence-electron chi connectivity index (χ4n) is 1.33. The minimum Gasteiger partial charge on any atom is -0.491 e. The summed E-state index contributed by atoms with van der Waals surface area (Å²) in [7, 11) is 0. The quantitative estimate of drug-likeness (QED) is 0.493. The summed E-state index contributed by atoms with van der Waals surface area (Å²) in [5.41, 5.74) is 0.858. The van der Waals surface area contributed by atoms with Gasteiger partial charge in [0.25, 0.3) is 0 Å². The number of allylic oxidation sites excluding steroid dienone is 1. The Balaban J connectivity index is 2.34. The number of ether oxygens (including phenoxy) is 1. The highest BCUT2D eigenvalue weighted by molar-refractivity contribution is 5.79. The van der Waals surface area contributed by atoms with Crippen molar-refractivity contribution in [2.45, 2.75) is 38.7 Å². The van der Waals surface area contributed by atoms with Crippen LogP contribution >= 0.6 is 0 Å². The van der Waals surface area contributed by atoms with Crippen molar-refractivity contribution < 1.29 is 9.53 Å². The first-order valence-corrected chi connectivity index (χ1v) is 4.62. The molecule has 0 heterocycles. The lowest BCUT2D eigenvalue weighted by Crippen LogP contribution is -2.21. The van der Waals surface area contributed by atoms with E-state index in [1.54, 1.807) is 0 Å². The van der Waals surface area contributed by atoms with Gasteiger partial charge in [-0.05, 0) is 25.3 Å². The molecular formula is C11H16O2. The molecule has 0 radical (unpaired) electrons. The first kappa shape index (κ1) is 10.0. The predicted molar refractivity (Wildman–Crippen MR) is 52.3 cm³/mol. The second kappa shape index (κ2) is 4.26. The van der Waals surface area contributed by atoms with Crippen molar-refractivity contribution in [3.63, 3.8) is 0 Å². The molecule has 0 atom stereocenters. The summed E-state index contributed by atoms with van der Waals surface area (Å²) in [5.74, 6) is 1.00. The van der Waals surface area contributed by atoms with Gasteiger partial charge in [0.05, 0.1) is 6.10 Å². The van der Waals surface area contributed by atoms with Crippen molar-refractivity contribution in [3.05, 3.63) is 24.5 Å². The highest BCUT2D eigenvalue weighted by Gasteiger charge is 2.20. The highest BCUT2D eigenvalue weighted by atomic mass is 16.5. The molecule has 1 aliphatic carbocycles. The Morgan fingerprint density at radius 3 is 2.38 bits per heavy atom. The summed E-state index contributed by atoms with van der Waals surface area (Å²) in [6, 6.07) is 0. The van der Waals surface area contributed by atoms with Gasteiger partial charge >= 0.3 is 0 Å². The van der Waals surface area contributed by atoms with Crippen LogP contribution in [-0.4, -0.2) is 11.9 Å². The van der Waals surface area contributed by atoms with Crippen LogP contribution in [-0.2, 0) is 9.53 Å². The Morgan fingerprint density at radius 1 is 1.38 bits per heavy atom. The minimum atomic E-state index is 0.168. The smallest absolute Gasteiger partial charge is 0.133 e. The zero-order valence-corrected chi connectivity index (χ0v) is 8.14. The molecule has 1 saturated carbocycles. The van der Waals surface area contributed by atoms with Crippen molar-refractivity contribution in [1.82, 2.24) is 0 Å². The van der Waals surface area contributed by atoms with Crippen LogP contribution in [0.1, 0.15) is 32.6 Å². The predicted octanol–water partition coefficient (Wildman–Crippen LogP) is 2.60. The lowest BCUT2D eigenvalue weighted by molar-refractivity contribution is -0.122. The third kappa shape index (κ3) is 3.05. The normalized spacial score (nSPS) is 18.4. The van der Waals surface area contributed by atoms with Gasteiger partial charge in [-0.3, -0.25) is 4.79 Å². The zero-order chi connectivity index (χ0) is 9.84. The van der Waals surface area contributed by atoms with E-state index >= 15 is 0 Å². The second-order valence-electron chi connectivity index (χ2n) is 3.56. The van der Waals surface area contributed by atoms with Crippen LogP contribution in [0.4, 0.5) is 0 Å². The lowest BCUT2D eigenvalue weighted by Gasteiger charge is -2.23. The number of hydrogen-bond acceptors (Lipinski definition) is 2.